The molecule has 1 aliphatic carbocycles. The van der Waals surface area contributed by atoms with E-state index >= 15 is 0 Å². The van der Waals surface area contributed by atoms with Crippen LogP contribution >= 0.6 is 12.4 Å². The van der Waals surface area contributed by atoms with E-state index in [4.69, 9.17) is 0 Å². The van der Waals surface area contributed by atoms with Crippen molar-refractivity contribution in [2.45, 2.75) is 32.6 Å². The van der Waals surface area contributed by atoms with Crippen LogP contribution in [0.5, 0.6) is 0 Å². The van der Waals surface area contributed by atoms with Gasteiger partial charge >= 0.3 is 0 Å². The lowest BCUT2D eigenvalue weighted by molar-refractivity contribution is 0.147. The molecule has 2 heteroatoms. The van der Waals surface area contributed by atoms with Crippen molar-refractivity contribution in [1.82, 2.24) is 5.32 Å². The van der Waals surface area contributed by atoms with Gasteiger partial charge in [-0.3, -0.25) is 0 Å². The third-order valence-electron chi connectivity index (χ3n) is 2.54. The molecular formula is C8H18ClN. The van der Waals surface area contributed by atoms with Crippen molar-refractivity contribution in [2.24, 2.45) is 5.41 Å². The van der Waals surface area contributed by atoms with E-state index in [0.29, 0.717) is 5.41 Å². The predicted octanol–water partition coefficient (Wildman–Crippen LogP) is 2.21. The standard InChI is InChI=1S/C8H17N.ClH/c1-8(4-3-5-8)6-7-9-2;/h9H,3-7H2,1-2H3;1H. The maximum Gasteiger partial charge on any atom is -0.00467 e. The Morgan fingerprint density at radius 2 is 2.00 bits per heavy atom. The van der Waals surface area contributed by atoms with Gasteiger partial charge in [0.1, 0.15) is 0 Å². The second kappa shape index (κ2) is 4.20. The molecule has 1 rings (SSSR count). The van der Waals surface area contributed by atoms with Crippen LogP contribution in [-0.4, -0.2) is 13.6 Å². The molecule has 1 saturated carbocycles. The summed E-state index contributed by atoms with van der Waals surface area (Å²) in [5.41, 5.74) is 0.711. The van der Waals surface area contributed by atoms with Gasteiger partial charge in [-0.25, -0.2) is 0 Å². The van der Waals surface area contributed by atoms with E-state index in [0.717, 1.165) is 0 Å². The molecule has 0 spiro atoms. The highest BCUT2D eigenvalue weighted by molar-refractivity contribution is 5.85. The van der Waals surface area contributed by atoms with Gasteiger partial charge in [-0.1, -0.05) is 13.3 Å². The fourth-order valence-electron chi connectivity index (χ4n) is 1.46. The van der Waals surface area contributed by atoms with Crippen molar-refractivity contribution in [2.75, 3.05) is 13.6 Å². The molecule has 0 aromatic heterocycles. The molecule has 0 saturated heterocycles. The van der Waals surface area contributed by atoms with Crippen LogP contribution in [0.25, 0.3) is 0 Å². The molecule has 10 heavy (non-hydrogen) atoms. The number of halogens is 1. The molecular weight excluding hydrogens is 146 g/mol. The number of hydrogen-bond donors (Lipinski definition) is 1. The van der Waals surface area contributed by atoms with Crippen molar-refractivity contribution < 1.29 is 0 Å². The third kappa shape index (κ3) is 2.47. The van der Waals surface area contributed by atoms with Gasteiger partial charge in [0.05, 0.1) is 0 Å². The zero-order valence-electron chi connectivity index (χ0n) is 6.94. The smallest absolute Gasteiger partial charge is 0.00467 e. The molecule has 0 radical (unpaired) electrons. The summed E-state index contributed by atoms with van der Waals surface area (Å²) in [4.78, 5) is 0. The topological polar surface area (TPSA) is 12.0 Å². The largest absolute Gasteiger partial charge is 0.320 e. The Morgan fingerprint density at radius 1 is 1.40 bits per heavy atom. The summed E-state index contributed by atoms with van der Waals surface area (Å²) in [5.74, 6) is 0. The van der Waals surface area contributed by atoms with E-state index in [-0.39, 0.29) is 12.4 Å². The van der Waals surface area contributed by atoms with E-state index < -0.39 is 0 Å². The Bertz CT molecular complexity index is 89.3. The van der Waals surface area contributed by atoms with Gasteiger partial charge in [0.2, 0.25) is 0 Å². The van der Waals surface area contributed by atoms with Gasteiger partial charge in [-0.15, -0.1) is 12.4 Å². The summed E-state index contributed by atoms with van der Waals surface area (Å²) in [5, 5.41) is 3.19. The van der Waals surface area contributed by atoms with Crippen LogP contribution in [0.2, 0.25) is 0 Å². The first kappa shape index (κ1) is 10.2. The van der Waals surface area contributed by atoms with E-state index in [2.05, 4.69) is 12.2 Å². The fourth-order valence-corrected chi connectivity index (χ4v) is 1.46. The second-order valence-electron chi connectivity index (χ2n) is 3.52. The van der Waals surface area contributed by atoms with Crippen molar-refractivity contribution in [3.8, 4) is 0 Å². The maximum atomic E-state index is 3.19. The van der Waals surface area contributed by atoms with Crippen LogP contribution in [0.1, 0.15) is 32.6 Å². The summed E-state index contributed by atoms with van der Waals surface area (Å²) in [6.45, 7) is 3.59. The van der Waals surface area contributed by atoms with Crippen molar-refractivity contribution in [1.29, 1.82) is 0 Å². The molecule has 0 atom stereocenters. The molecule has 1 N–H and O–H groups in total. The van der Waals surface area contributed by atoms with Gasteiger partial charge < -0.3 is 5.32 Å². The van der Waals surface area contributed by atoms with Crippen LogP contribution in [-0.2, 0) is 0 Å². The highest BCUT2D eigenvalue weighted by Crippen LogP contribution is 2.42. The number of hydrogen-bond acceptors (Lipinski definition) is 1. The van der Waals surface area contributed by atoms with Crippen LogP contribution in [0.3, 0.4) is 0 Å². The van der Waals surface area contributed by atoms with E-state index in [9.17, 15) is 0 Å². The maximum absolute atomic E-state index is 3.19. The lowest BCUT2D eigenvalue weighted by Gasteiger charge is -2.38. The SMILES string of the molecule is CNCCC1(C)CCC1.Cl. The first-order chi connectivity index (χ1) is 4.27. The zero-order valence-corrected chi connectivity index (χ0v) is 7.76. The first-order valence-electron chi connectivity index (χ1n) is 3.91. The van der Waals surface area contributed by atoms with Gasteiger partial charge in [0.15, 0.2) is 0 Å². The fraction of sp³-hybridized carbons (Fsp3) is 1.00. The lowest BCUT2D eigenvalue weighted by atomic mass is 9.68. The minimum atomic E-state index is 0. The van der Waals surface area contributed by atoms with Crippen molar-refractivity contribution in [3.63, 3.8) is 0 Å². The molecule has 1 fully saturated rings. The molecule has 1 nitrogen and oxygen atoms in total. The van der Waals surface area contributed by atoms with Crippen LogP contribution < -0.4 is 5.32 Å². The molecule has 62 valence electrons. The molecule has 0 aromatic carbocycles. The second-order valence-corrected chi connectivity index (χ2v) is 3.52. The van der Waals surface area contributed by atoms with Gasteiger partial charge in [0, 0.05) is 0 Å². The zero-order chi connectivity index (χ0) is 6.74. The molecule has 0 unspecified atom stereocenters. The van der Waals surface area contributed by atoms with E-state index in [1.165, 1.54) is 32.2 Å². The summed E-state index contributed by atoms with van der Waals surface area (Å²) < 4.78 is 0. The van der Waals surface area contributed by atoms with E-state index in [1.54, 1.807) is 0 Å². The highest BCUT2D eigenvalue weighted by atomic mass is 35.5. The average molecular weight is 164 g/mol. The highest BCUT2D eigenvalue weighted by Gasteiger charge is 2.30. The Kier molecular flexibility index (Phi) is 4.30. The number of nitrogens with one attached hydrogen (secondary N) is 1. The van der Waals surface area contributed by atoms with Crippen molar-refractivity contribution in [3.05, 3.63) is 0 Å². The minimum Gasteiger partial charge on any atom is -0.320 e. The molecule has 0 amide bonds. The van der Waals surface area contributed by atoms with Gasteiger partial charge in [-0.2, -0.15) is 0 Å². The monoisotopic (exact) mass is 163 g/mol. The number of rotatable bonds is 3. The molecule has 0 aromatic rings. The van der Waals surface area contributed by atoms with Gasteiger partial charge in [0.25, 0.3) is 0 Å². The average Bonchev–Trinajstić information content (AvgIpc) is 1.79. The molecule has 0 aliphatic heterocycles. The molecule has 1 aliphatic rings. The summed E-state index contributed by atoms with van der Waals surface area (Å²) >= 11 is 0. The Morgan fingerprint density at radius 3 is 2.30 bits per heavy atom. The minimum absolute atomic E-state index is 0. The third-order valence-corrected chi connectivity index (χ3v) is 2.54. The van der Waals surface area contributed by atoms with Crippen LogP contribution in [0.4, 0.5) is 0 Å². The van der Waals surface area contributed by atoms with E-state index in [1.807, 2.05) is 7.05 Å². The first-order valence-corrected chi connectivity index (χ1v) is 3.91. The Labute approximate surface area is 70.0 Å². The van der Waals surface area contributed by atoms with Crippen LogP contribution in [0, 0.1) is 5.41 Å². The molecule has 0 heterocycles. The molecule has 0 bridgehead atoms. The quantitative estimate of drug-likeness (QED) is 0.673. The van der Waals surface area contributed by atoms with Gasteiger partial charge in [-0.05, 0) is 38.3 Å². The predicted molar refractivity (Wildman–Crippen MR) is 47.7 cm³/mol. The summed E-state index contributed by atoms with van der Waals surface area (Å²) in [6.07, 6.45) is 5.73. The normalized spacial score (nSPS) is 21.0. The lowest BCUT2D eigenvalue weighted by Crippen LogP contribution is -2.29. The Balaban J connectivity index is 0.000000810. The van der Waals surface area contributed by atoms with Crippen molar-refractivity contribution >= 4 is 12.4 Å². The summed E-state index contributed by atoms with van der Waals surface area (Å²) in [7, 11) is 2.03. The Hall–Kier alpha value is 0.250. The van der Waals surface area contributed by atoms with Crippen LogP contribution in [0.15, 0.2) is 0 Å². The summed E-state index contributed by atoms with van der Waals surface area (Å²) in [6, 6.07) is 0.